The van der Waals surface area contributed by atoms with Gasteiger partial charge in [-0.2, -0.15) is 0 Å². The van der Waals surface area contributed by atoms with E-state index < -0.39 is 17.6 Å². The van der Waals surface area contributed by atoms with Gasteiger partial charge in [0.2, 0.25) is 0 Å². The van der Waals surface area contributed by atoms with Crippen LogP contribution in [-0.2, 0) is 14.3 Å². The Morgan fingerprint density at radius 3 is 2.82 bits per heavy atom. The molecule has 28 heavy (non-hydrogen) atoms. The Kier molecular flexibility index (Phi) is 3.44. The molecule has 0 amide bonds. The van der Waals surface area contributed by atoms with Crippen LogP contribution < -0.4 is 0 Å². The predicted octanol–water partition coefficient (Wildman–Crippen LogP) is 1.19. The largest absolute Gasteiger partial charge is 0.462 e. The molecule has 2 N–H and O–H groups in total. The van der Waals surface area contributed by atoms with Gasteiger partial charge in [0, 0.05) is 36.9 Å². The molecule has 0 aromatic carbocycles. The number of nitrogens with zero attached hydrogens (tertiary/aromatic N) is 1. The minimum absolute atomic E-state index is 0.0123. The number of esters is 1. The molecule has 7 fully saturated rings. The summed E-state index contributed by atoms with van der Waals surface area (Å²) in [4.78, 5) is 15.6. The third-order valence-corrected chi connectivity index (χ3v) is 10.1. The van der Waals surface area contributed by atoms with E-state index in [2.05, 4.69) is 18.7 Å². The fraction of sp³-hybridized carbons (Fsp3) is 0.955. The zero-order valence-electron chi connectivity index (χ0n) is 17.1. The summed E-state index contributed by atoms with van der Waals surface area (Å²) in [6.45, 7) is 6.38. The monoisotopic (exact) mass is 391 g/mol. The first-order valence-electron chi connectivity index (χ1n) is 11.2. The van der Waals surface area contributed by atoms with Crippen LogP contribution in [0.15, 0.2) is 0 Å². The lowest BCUT2D eigenvalue weighted by Gasteiger charge is -2.69. The van der Waals surface area contributed by atoms with Gasteiger partial charge >= 0.3 is 5.97 Å². The molecule has 7 aliphatic rings. The molecular weight excluding hydrogens is 358 g/mol. The van der Waals surface area contributed by atoms with E-state index in [1.54, 1.807) is 7.11 Å². The van der Waals surface area contributed by atoms with Gasteiger partial charge in [0.15, 0.2) is 0 Å². The number of fused-ring (bicyclic) bond motifs is 2. The van der Waals surface area contributed by atoms with Crippen LogP contribution in [0.5, 0.6) is 0 Å². The molecule has 156 valence electrons. The van der Waals surface area contributed by atoms with E-state index in [0.29, 0.717) is 12.8 Å². The highest BCUT2D eigenvalue weighted by molar-refractivity contribution is 5.77. The second-order valence-electron chi connectivity index (χ2n) is 10.8. The molecular formula is C22H33NO5. The predicted molar refractivity (Wildman–Crippen MR) is 100 cm³/mol. The Bertz CT molecular complexity index is 730. The van der Waals surface area contributed by atoms with E-state index in [1.807, 2.05) is 0 Å². The van der Waals surface area contributed by atoms with E-state index in [-0.39, 0.29) is 52.8 Å². The number of rotatable bonds is 2. The maximum atomic E-state index is 13.1. The van der Waals surface area contributed by atoms with Crippen LogP contribution >= 0.6 is 0 Å². The number of ether oxygens (including phenoxy) is 2. The van der Waals surface area contributed by atoms with Crippen molar-refractivity contribution < 1.29 is 24.5 Å². The first kappa shape index (κ1) is 18.1. The molecule has 4 aliphatic carbocycles. The van der Waals surface area contributed by atoms with E-state index in [4.69, 9.17) is 9.47 Å². The van der Waals surface area contributed by atoms with Gasteiger partial charge in [0.05, 0.1) is 23.7 Å². The number of likely N-dealkylation sites (tertiary alicyclic amines) is 1. The number of hydrogen-bond acceptors (Lipinski definition) is 6. The van der Waals surface area contributed by atoms with Crippen LogP contribution in [0.25, 0.3) is 0 Å². The molecule has 1 spiro atoms. The lowest BCUT2D eigenvalue weighted by molar-refractivity contribution is -0.269. The Morgan fingerprint density at radius 2 is 2.11 bits per heavy atom. The normalized spacial score (nSPS) is 61.8. The molecule has 9 bridgehead atoms. The second-order valence-corrected chi connectivity index (χ2v) is 10.8. The first-order valence-corrected chi connectivity index (χ1v) is 11.2. The highest BCUT2D eigenvalue weighted by Gasteiger charge is 2.84. The Labute approximate surface area is 166 Å². The quantitative estimate of drug-likeness (QED) is 0.689. The second kappa shape index (κ2) is 5.32. The lowest BCUT2D eigenvalue weighted by atomic mass is 9.42. The van der Waals surface area contributed by atoms with Crippen molar-refractivity contribution in [2.45, 2.75) is 75.9 Å². The number of aliphatic hydroxyl groups is 2. The summed E-state index contributed by atoms with van der Waals surface area (Å²) in [7, 11) is 1.79. The molecule has 3 heterocycles. The van der Waals surface area contributed by atoms with Gasteiger partial charge in [0.25, 0.3) is 0 Å². The topological polar surface area (TPSA) is 79.2 Å². The Balaban J connectivity index is 1.66. The van der Waals surface area contributed by atoms with Crippen molar-refractivity contribution in [2.75, 3.05) is 20.2 Å². The van der Waals surface area contributed by atoms with E-state index in [0.717, 1.165) is 32.4 Å². The highest BCUT2D eigenvalue weighted by atomic mass is 16.5. The molecule has 3 aliphatic heterocycles. The minimum atomic E-state index is -1.17. The van der Waals surface area contributed by atoms with Gasteiger partial charge in [-0.05, 0) is 50.0 Å². The Morgan fingerprint density at radius 1 is 1.32 bits per heavy atom. The molecule has 4 saturated carbocycles. The summed E-state index contributed by atoms with van der Waals surface area (Å²) in [5.41, 5.74) is -1.46. The maximum absolute atomic E-state index is 13.1. The van der Waals surface area contributed by atoms with Crippen molar-refractivity contribution in [3.05, 3.63) is 0 Å². The molecule has 11 atom stereocenters. The van der Waals surface area contributed by atoms with Gasteiger partial charge in [-0.15, -0.1) is 0 Å². The van der Waals surface area contributed by atoms with Crippen molar-refractivity contribution in [1.82, 2.24) is 4.90 Å². The molecule has 0 aromatic heterocycles. The van der Waals surface area contributed by atoms with Crippen LogP contribution in [0.1, 0.15) is 46.0 Å². The van der Waals surface area contributed by atoms with E-state index in [1.165, 1.54) is 0 Å². The maximum Gasteiger partial charge on any atom is 0.312 e. The number of aliphatic hydroxyl groups excluding tert-OH is 1. The highest BCUT2D eigenvalue weighted by Crippen LogP contribution is 2.77. The standard InChI is InChI=1S/C22H33NO5/c1-4-23-10-20(2)7-6-13(27-3)22-12-9-11-5-8-21(26,14(12)19(25)28-11)15(18(22)23)16(24)17(20)22/h11-18,24,26H,4-10H2,1-3H3/t11-,12?,13-,14?,15-,16?,17?,18+,20-,21+,22-/m0/s1. The smallest absolute Gasteiger partial charge is 0.312 e. The van der Waals surface area contributed by atoms with Crippen molar-refractivity contribution in [2.24, 2.45) is 34.5 Å². The number of hydrogen-bond donors (Lipinski definition) is 2. The fourth-order valence-corrected chi connectivity index (χ4v) is 9.64. The summed E-state index contributed by atoms with van der Waals surface area (Å²) in [6.07, 6.45) is 3.38. The number of methoxy groups -OCH3 is 1. The lowest BCUT2D eigenvalue weighted by Crippen LogP contribution is -2.76. The van der Waals surface area contributed by atoms with Gasteiger partial charge < -0.3 is 19.7 Å². The zero-order chi connectivity index (χ0) is 19.6. The third-order valence-electron chi connectivity index (χ3n) is 10.1. The van der Waals surface area contributed by atoms with Gasteiger partial charge in [-0.1, -0.05) is 13.8 Å². The third kappa shape index (κ3) is 1.68. The summed E-state index contributed by atoms with van der Waals surface area (Å²) >= 11 is 0. The summed E-state index contributed by atoms with van der Waals surface area (Å²) in [6, 6.07) is 0.0757. The zero-order valence-corrected chi connectivity index (χ0v) is 17.1. The number of carbonyl (C=O) groups excluding carboxylic acids is 1. The van der Waals surface area contributed by atoms with Crippen LogP contribution in [0.2, 0.25) is 0 Å². The van der Waals surface area contributed by atoms with Crippen LogP contribution in [0.4, 0.5) is 0 Å². The Hall–Kier alpha value is -0.690. The average Bonchev–Trinajstić information content (AvgIpc) is 2.73. The summed E-state index contributed by atoms with van der Waals surface area (Å²) < 4.78 is 11.9. The number of piperidine rings is 1. The SMILES string of the molecule is CCN1C[C@]2(C)CC[C@H](OC)[C@@]34C5C[C@@H]6CC[C@@](O)(C5C(=O)O6)[C@@H](C(O)C23)[C@@H]14. The van der Waals surface area contributed by atoms with Crippen molar-refractivity contribution in [3.63, 3.8) is 0 Å². The molecule has 4 unspecified atom stereocenters. The molecule has 0 aromatic rings. The first-order chi connectivity index (χ1) is 13.3. The van der Waals surface area contributed by atoms with Gasteiger partial charge in [0.1, 0.15) is 6.10 Å². The van der Waals surface area contributed by atoms with Crippen molar-refractivity contribution >= 4 is 5.97 Å². The summed E-state index contributed by atoms with van der Waals surface area (Å²) in [5.74, 6) is -0.969. The van der Waals surface area contributed by atoms with Crippen molar-refractivity contribution in [3.8, 4) is 0 Å². The van der Waals surface area contributed by atoms with E-state index >= 15 is 0 Å². The van der Waals surface area contributed by atoms with Gasteiger partial charge in [-0.3, -0.25) is 9.69 Å². The van der Waals surface area contributed by atoms with Crippen molar-refractivity contribution in [1.29, 1.82) is 0 Å². The van der Waals surface area contributed by atoms with Crippen LogP contribution in [0, 0.1) is 34.5 Å². The molecule has 6 heteroatoms. The van der Waals surface area contributed by atoms with Crippen LogP contribution in [-0.4, -0.2) is 71.2 Å². The molecule has 7 rings (SSSR count). The van der Waals surface area contributed by atoms with E-state index in [9.17, 15) is 15.0 Å². The molecule has 6 nitrogen and oxygen atoms in total. The summed E-state index contributed by atoms with van der Waals surface area (Å²) in [5, 5.41) is 23.9. The molecule has 0 radical (unpaired) electrons. The number of carbonyl (C=O) groups is 1. The van der Waals surface area contributed by atoms with Gasteiger partial charge in [-0.25, -0.2) is 0 Å². The van der Waals surface area contributed by atoms with Crippen LogP contribution in [0.3, 0.4) is 0 Å². The average molecular weight is 392 g/mol. The molecule has 3 saturated heterocycles. The fourth-order valence-electron chi connectivity index (χ4n) is 9.64. The minimum Gasteiger partial charge on any atom is -0.462 e.